The normalized spacial score (nSPS) is 10.7. The predicted molar refractivity (Wildman–Crippen MR) is 82.4 cm³/mol. The van der Waals surface area contributed by atoms with Gasteiger partial charge in [-0.1, -0.05) is 6.07 Å². The average Bonchev–Trinajstić information content (AvgIpc) is 3.18. The smallest absolute Gasteiger partial charge is 0.325 e. The van der Waals surface area contributed by atoms with Crippen LogP contribution in [-0.2, 0) is 11.3 Å². The molecule has 1 amide bonds. The summed E-state index contributed by atoms with van der Waals surface area (Å²) in [5.41, 5.74) is 0.168. The number of nitrogens with zero attached hydrogens (tertiary/aromatic N) is 3. The summed E-state index contributed by atoms with van der Waals surface area (Å²) in [5, 5.41) is 17.1. The van der Waals surface area contributed by atoms with Crippen LogP contribution in [0.25, 0.3) is 10.8 Å². The number of carbonyl (C=O) groups excluding carboxylic acids is 1. The molecule has 0 radical (unpaired) electrons. The molecule has 23 heavy (non-hydrogen) atoms. The van der Waals surface area contributed by atoms with Crippen LogP contribution in [0.2, 0.25) is 0 Å². The number of hydrogen-bond donors (Lipinski definition) is 2. The molecular weight excluding hydrogens is 320 g/mol. The van der Waals surface area contributed by atoms with E-state index in [1.807, 2.05) is 17.5 Å². The molecule has 0 spiro atoms. The monoisotopic (exact) mass is 332 g/mol. The molecule has 3 rings (SSSR count). The summed E-state index contributed by atoms with van der Waals surface area (Å²) in [6.45, 7) is 1.38. The zero-order valence-corrected chi connectivity index (χ0v) is 12.8. The fraction of sp³-hybridized carbons (Fsp3) is 0.143. The summed E-state index contributed by atoms with van der Waals surface area (Å²) < 4.78 is 6.72. The number of carbonyl (C=O) groups is 2. The molecule has 0 aromatic carbocycles. The van der Waals surface area contributed by atoms with E-state index in [1.54, 1.807) is 6.92 Å². The van der Waals surface area contributed by atoms with Crippen molar-refractivity contribution in [3.63, 3.8) is 0 Å². The zero-order valence-electron chi connectivity index (χ0n) is 12.0. The van der Waals surface area contributed by atoms with Gasteiger partial charge in [-0.3, -0.25) is 14.3 Å². The Bertz CT molecular complexity index is 850. The maximum absolute atomic E-state index is 12.3. The number of carboxylic acids is 1. The van der Waals surface area contributed by atoms with Crippen LogP contribution >= 0.6 is 11.3 Å². The van der Waals surface area contributed by atoms with E-state index >= 15 is 0 Å². The van der Waals surface area contributed by atoms with E-state index in [0.717, 1.165) is 4.88 Å². The van der Waals surface area contributed by atoms with Crippen LogP contribution in [0.5, 0.6) is 0 Å². The number of aliphatic carboxylic acids is 1. The molecule has 0 aliphatic rings. The molecule has 0 fully saturated rings. The lowest BCUT2D eigenvalue weighted by atomic mass is 10.3. The van der Waals surface area contributed by atoms with Crippen LogP contribution in [-0.4, -0.2) is 31.7 Å². The molecule has 9 heteroatoms. The number of oxazole rings is 1. The van der Waals surface area contributed by atoms with Crippen molar-refractivity contribution in [1.82, 2.24) is 14.8 Å². The van der Waals surface area contributed by atoms with Crippen molar-refractivity contribution in [2.45, 2.75) is 13.5 Å². The number of rotatable bonds is 5. The van der Waals surface area contributed by atoms with E-state index in [-0.39, 0.29) is 18.1 Å². The molecule has 3 aromatic heterocycles. The summed E-state index contributed by atoms with van der Waals surface area (Å²) in [4.78, 5) is 27.9. The molecule has 3 heterocycles. The predicted octanol–water partition coefficient (Wildman–Crippen LogP) is 2.24. The Morgan fingerprint density at radius 1 is 1.43 bits per heavy atom. The highest BCUT2D eigenvalue weighted by Gasteiger charge is 2.19. The number of amides is 1. The number of anilines is 1. The van der Waals surface area contributed by atoms with Crippen LogP contribution in [0.4, 0.5) is 5.82 Å². The van der Waals surface area contributed by atoms with Crippen molar-refractivity contribution in [2.75, 3.05) is 5.32 Å². The van der Waals surface area contributed by atoms with Gasteiger partial charge in [-0.05, 0) is 18.4 Å². The van der Waals surface area contributed by atoms with Crippen molar-refractivity contribution >= 4 is 29.0 Å². The van der Waals surface area contributed by atoms with Crippen molar-refractivity contribution < 1.29 is 19.1 Å². The summed E-state index contributed by atoms with van der Waals surface area (Å²) in [5.74, 6) is -0.445. The fourth-order valence-electron chi connectivity index (χ4n) is 1.94. The number of aromatic nitrogens is 3. The molecule has 0 saturated heterocycles. The number of hydrogen-bond acceptors (Lipinski definition) is 6. The minimum atomic E-state index is -1.01. The fourth-order valence-corrected chi connectivity index (χ4v) is 2.59. The van der Waals surface area contributed by atoms with Gasteiger partial charge in [-0.15, -0.1) is 11.3 Å². The Hall–Kier alpha value is -2.94. The van der Waals surface area contributed by atoms with Crippen molar-refractivity contribution in [2.24, 2.45) is 0 Å². The van der Waals surface area contributed by atoms with Crippen molar-refractivity contribution in [3.05, 3.63) is 41.2 Å². The highest BCUT2D eigenvalue weighted by atomic mass is 32.1. The van der Waals surface area contributed by atoms with Crippen LogP contribution in [0, 0.1) is 6.92 Å². The second-order valence-electron chi connectivity index (χ2n) is 4.65. The third-order valence-corrected chi connectivity index (χ3v) is 3.78. The second kappa shape index (κ2) is 6.05. The highest BCUT2D eigenvalue weighted by Crippen LogP contribution is 2.26. The maximum atomic E-state index is 12.3. The Morgan fingerprint density at radius 3 is 2.96 bits per heavy atom. The zero-order chi connectivity index (χ0) is 16.4. The van der Waals surface area contributed by atoms with Gasteiger partial charge in [0, 0.05) is 12.3 Å². The van der Waals surface area contributed by atoms with E-state index in [2.05, 4.69) is 15.4 Å². The Morgan fingerprint density at radius 2 is 2.26 bits per heavy atom. The summed E-state index contributed by atoms with van der Waals surface area (Å²) >= 11 is 1.46. The Balaban J connectivity index is 1.76. The topological polar surface area (TPSA) is 110 Å². The van der Waals surface area contributed by atoms with Gasteiger partial charge in [0.1, 0.15) is 12.3 Å². The summed E-state index contributed by atoms with van der Waals surface area (Å²) in [6.07, 6.45) is 1.47. The first-order valence-electron chi connectivity index (χ1n) is 6.61. The Labute approximate surface area is 134 Å². The van der Waals surface area contributed by atoms with Crippen molar-refractivity contribution in [3.8, 4) is 10.8 Å². The van der Waals surface area contributed by atoms with Gasteiger partial charge in [0.2, 0.25) is 5.89 Å². The molecule has 2 N–H and O–H groups in total. The minimum absolute atomic E-state index is 0.168. The standard InChI is InChI=1S/C14H12N4O4S/c1-8-12(16-14(22-8)9-3-2-6-23-9)13(21)15-10-4-5-18(17-10)7-11(19)20/h2-6H,7H2,1H3,(H,19,20)(H,15,17,21). The maximum Gasteiger partial charge on any atom is 0.325 e. The van der Waals surface area contributed by atoms with Gasteiger partial charge in [-0.2, -0.15) is 5.10 Å². The van der Waals surface area contributed by atoms with E-state index in [0.29, 0.717) is 11.7 Å². The van der Waals surface area contributed by atoms with Gasteiger partial charge < -0.3 is 14.8 Å². The molecule has 0 aliphatic heterocycles. The van der Waals surface area contributed by atoms with E-state index in [1.165, 1.54) is 28.3 Å². The van der Waals surface area contributed by atoms with Gasteiger partial charge >= 0.3 is 5.97 Å². The molecule has 0 atom stereocenters. The third-order valence-electron chi connectivity index (χ3n) is 2.92. The molecule has 118 valence electrons. The molecule has 0 unspecified atom stereocenters. The number of carboxylic acid groups (broad SMARTS) is 1. The first-order chi connectivity index (χ1) is 11.0. The first-order valence-corrected chi connectivity index (χ1v) is 7.49. The van der Waals surface area contributed by atoms with E-state index in [4.69, 9.17) is 9.52 Å². The largest absolute Gasteiger partial charge is 0.480 e. The first kappa shape index (κ1) is 15.0. The number of aryl methyl sites for hydroxylation is 1. The molecule has 0 saturated carbocycles. The summed E-state index contributed by atoms with van der Waals surface area (Å²) in [7, 11) is 0. The van der Waals surface area contributed by atoms with Crippen molar-refractivity contribution in [1.29, 1.82) is 0 Å². The number of thiophene rings is 1. The van der Waals surface area contributed by atoms with Crippen LogP contribution < -0.4 is 5.32 Å². The molecule has 0 aliphatic carbocycles. The van der Waals surface area contributed by atoms with E-state index < -0.39 is 11.9 Å². The van der Waals surface area contributed by atoms with Gasteiger partial charge in [-0.25, -0.2) is 4.98 Å². The van der Waals surface area contributed by atoms with Gasteiger partial charge in [0.25, 0.3) is 5.91 Å². The molecule has 0 bridgehead atoms. The Kier molecular flexibility index (Phi) is 3.94. The molecule has 3 aromatic rings. The molecule has 8 nitrogen and oxygen atoms in total. The SMILES string of the molecule is Cc1oc(-c2cccs2)nc1C(=O)Nc1ccn(CC(=O)O)n1. The second-order valence-corrected chi connectivity index (χ2v) is 5.60. The van der Waals surface area contributed by atoms with Crippen LogP contribution in [0.15, 0.2) is 34.2 Å². The summed E-state index contributed by atoms with van der Waals surface area (Å²) in [6, 6.07) is 5.23. The number of nitrogens with one attached hydrogen (secondary N) is 1. The lowest BCUT2D eigenvalue weighted by molar-refractivity contribution is -0.137. The average molecular weight is 332 g/mol. The lowest BCUT2D eigenvalue weighted by Crippen LogP contribution is -2.15. The molecular formula is C14H12N4O4S. The van der Waals surface area contributed by atoms with Gasteiger partial charge in [0.05, 0.1) is 4.88 Å². The van der Waals surface area contributed by atoms with Crippen LogP contribution in [0.1, 0.15) is 16.2 Å². The van der Waals surface area contributed by atoms with Crippen LogP contribution in [0.3, 0.4) is 0 Å². The lowest BCUT2D eigenvalue weighted by Gasteiger charge is -1.99. The van der Waals surface area contributed by atoms with Gasteiger partial charge in [0.15, 0.2) is 11.5 Å². The quantitative estimate of drug-likeness (QED) is 0.741. The minimum Gasteiger partial charge on any atom is -0.480 e. The highest BCUT2D eigenvalue weighted by molar-refractivity contribution is 7.13. The third kappa shape index (κ3) is 3.29. The van der Waals surface area contributed by atoms with E-state index in [9.17, 15) is 9.59 Å².